The summed E-state index contributed by atoms with van der Waals surface area (Å²) in [5.74, 6) is 1.08. The molecule has 0 saturated heterocycles. The zero-order chi connectivity index (χ0) is 15.2. The summed E-state index contributed by atoms with van der Waals surface area (Å²) in [5, 5.41) is 0. The van der Waals surface area contributed by atoms with E-state index in [1.165, 1.54) is 0 Å². The third kappa shape index (κ3) is 3.75. The lowest BCUT2D eigenvalue weighted by atomic mass is 10.1. The van der Waals surface area contributed by atoms with E-state index in [1.807, 2.05) is 37.3 Å². The molecule has 0 radical (unpaired) electrons. The highest BCUT2D eigenvalue weighted by atomic mass is 16.5. The Morgan fingerprint density at radius 2 is 1.71 bits per heavy atom. The monoisotopic (exact) mass is 286 g/mol. The second kappa shape index (κ2) is 6.79. The molecule has 0 bridgehead atoms. The summed E-state index contributed by atoms with van der Waals surface area (Å²) in [6.07, 6.45) is 0. The Morgan fingerprint density at radius 1 is 1.00 bits per heavy atom. The second-order valence-electron chi connectivity index (χ2n) is 4.61. The van der Waals surface area contributed by atoms with Gasteiger partial charge in [-0.15, -0.1) is 0 Å². The minimum atomic E-state index is -0.371. The van der Waals surface area contributed by atoms with Crippen LogP contribution in [0.5, 0.6) is 11.5 Å². The number of hydrogen-bond acceptors (Lipinski definition) is 4. The average Bonchev–Trinajstić information content (AvgIpc) is 2.53. The van der Waals surface area contributed by atoms with Gasteiger partial charge in [-0.3, -0.25) is 0 Å². The largest absolute Gasteiger partial charge is 0.497 e. The average molecular weight is 286 g/mol. The number of methoxy groups -OCH3 is 2. The van der Waals surface area contributed by atoms with Crippen LogP contribution in [0.1, 0.15) is 21.5 Å². The maximum absolute atomic E-state index is 12.0. The van der Waals surface area contributed by atoms with Gasteiger partial charge in [0.25, 0.3) is 0 Å². The maximum Gasteiger partial charge on any atom is 0.338 e. The van der Waals surface area contributed by atoms with Gasteiger partial charge < -0.3 is 14.2 Å². The van der Waals surface area contributed by atoms with Gasteiger partial charge in [0.1, 0.15) is 18.1 Å². The van der Waals surface area contributed by atoms with Gasteiger partial charge in [-0.1, -0.05) is 18.2 Å². The normalized spacial score (nSPS) is 10.0. The fourth-order valence-corrected chi connectivity index (χ4v) is 1.90. The molecule has 0 aliphatic heterocycles. The molecule has 2 aromatic rings. The number of esters is 1. The molecular weight excluding hydrogens is 268 g/mol. The Bertz CT molecular complexity index is 617. The van der Waals surface area contributed by atoms with Gasteiger partial charge in [-0.2, -0.15) is 0 Å². The van der Waals surface area contributed by atoms with Crippen molar-refractivity contribution in [3.63, 3.8) is 0 Å². The van der Waals surface area contributed by atoms with Crippen molar-refractivity contribution in [2.45, 2.75) is 13.5 Å². The van der Waals surface area contributed by atoms with Crippen LogP contribution in [0.4, 0.5) is 0 Å². The first kappa shape index (κ1) is 14.9. The van der Waals surface area contributed by atoms with Crippen LogP contribution >= 0.6 is 0 Å². The Kier molecular flexibility index (Phi) is 4.82. The molecule has 4 nitrogen and oxygen atoms in total. The second-order valence-corrected chi connectivity index (χ2v) is 4.61. The summed E-state index contributed by atoms with van der Waals surface area (Å²) < 4.78 is 15.6. The Hall–Kier alpha value is -2.49. The van der Waals surface area contributed by atoms with E-state index in [-0.39, 0.29) is 12.6 Å². The molecule has 0 atom stereocenters. The van der Waals surface area contributed by atoms with Crippen LogP contribution in [0, 0.1) is 6.92 Å². The van der Waals surface area contributed by atoms with Gasteiger partial charge in [-0.05, 0) is 42.3 Å². The predicted molar refractivity (Wildman–Crippen MR) is 79.8 cm³/mol. The van der Waals surface area contributed by atoms with E-state index >= 15 is 0 Å². The highest BCUT2D eigenvalue weighted by Gasteiger charge is 2.10. The molecule has 0 aliphatic rings. The summed E-state index contributed by atoms with van der Waals surface area (Å²) in [6, 6.07) is 12.6. The maximum atomic E-state index is 12.0. The van der Waals surface area contributed by atoms with Gasteiger partial charge in [0.05, 0.1) is 19.8 Å². The Labute approximate surface area is 124 Å². The molecule has 0 aliphatic carbocycles. The Balaban J connectivity index is 2.00. The first-order chi connectivity index (χ1) is 10.1. The molecule has 21 heavy (non-hydrogen) atoms. The van der Waals surface area contributed by atoms with Crippen LogP contribution in [0.15, 0.2) is 42.5 Å². The number of rotatable bonds is 5. The van der Waals surface area contributed by atoms with E-state index in [0.29, 0.717) is 11.3 Å². The Morgan fingerprint density at radius 3 is 2.33 bits per heavy atom. The number of benzene rings is 2. The lowest BCUT2D eigenvalue weighted by Crippen LogP contribution is -2.05. The van der Waals surface area contributed by atoms with Crippen molar-refractivity contribution in [1.29, 1.82) is 0 Å². The molecule has 0 heterocycles. The number of hydrogen-bond donors (Lipinski definition) is 0. The molecule has 0 unspecified atom stereocenters. The molecule has 0 aromatic heterocycles. The highest BCUT2D eigenvalue weighted by molar-refractivity contribution is 5.90. The smallest absolute Gasteiger partial charge is 0.338 e. The molecule has 2 rings (SSSR count). The summed E-state index contributed by atoms with van der Waals surface area (Å²) in [5.41, 5.74) is 2.36. The minimum absolute atomic E-state index is 0.221. The molecule has 2 aromatic carbocycles. The number of ether oxygens (including phenoxy) is 3. The number of carbonyl (C=O) groups is 1. The van der Waals surface area contributed by atoms with E-state index in [1.54, 1.807) is 26.4 Å². The van der Waals surface area contributed by atoms with Crippen molar-refractivity contribution >= 4 is 5.97 Å². The zero-order valence-corrected chi connectivity index (χ0v) is 12.4. The van der Waals surface area contributed by atoms with Gasteiger partial charge in [-0.25, -0.2) is 4.79 Å². The summed E-state index contributed by atoms with van der Waals surface area (Å²) in [4.78, 5) is 12.0. The molecule has 4 heteroatoms. The topological polar surface area (TPSA) is 44.8 Å². The fourth-order valence-electron chi connectivity index (χ4n) is 1.90. The van der Waals surface area contributed by atoms with Crippen molar-refractivity contribution in [3.8, 4) is 11.5 Å². The molecule has 0 saturated carbocycles. The zero-order valence-electron chi connectivity index (χ0n) is 12.4. The van der Waals surface area contributed by atoms with Gasteiger partial charge in [0, 0.05) is 0 Å². The summed E-state index contributed by atoms with van der Waals surface area (Å²) >= 11 is 0. The van der Waals surface area contributed by atoms with Crippen LogP contribution in [0.3, 0.4) is 0 Å². The number of carbonyl (C=O) groups excluding carboxylic acids is 1. The van der Waals surface area contributed by atoms with Crippen LogP contribution < -0.4 is 9.47 Å². The highest BCUT2D eigenvalue weighted by Crippen LogP contribution is 2.20. The molecule has 0 spiro atoms. The van der Waals surface area contributed by atoms with Crippen molar-refractivity contribution in [2.24, 2.45) is 0 Å². The van der Waals surface area contributed by atoms with Crippen molar-refractivity contribution < 1.29 is 19.0 Å². The lowest BCUT2D eigenvalue weighted by molar-refractivity contribution is 0.0472. The van der Waals surface area contributed by atoms with Gasteiger partial charge >= 0.3 is 5.97 Å². The molecular formula is C17H18O4. The SMILES string of the molecule is COc1ccc(COC(=O)c2ccc(C)c(OC)c2)cc1. The first-order valence-electron chi connectivity index (χ1n) is 6.58. The fraction of sp³-hybridized carbons (Fsp3) is 0.235. The standard InChI is InChI=1S/C17H18O4/c1-12-4-7-14(10-16(12)20-3)17(18)21-11-13-5-8-15(19-2)9-6-13/h4-10H,11H2,1-3H3. The van der Waals surface area contributed by atoms with E-state index < -0.39 is 0 Å². The quantitative estimate of drug-likeness (QED) is 0.790. The van der Waals surface area contributed by atoms with E-state index in [9.17, 15) is 4.79 Å². The van der Waals surface area contributed by atoms with Crippen LogP contribution in [-0.2, 0) is 11.3 Å². The van der Waals surface area contributed by atoms with Crippen LogP contribution in [-0.4, -0.2) is 20.2 Å². The molecule has 110 valence electrons. The predicted octanol–water partition coefficient (Wildman–Crippen LogP) is 3.37. The molecule has 0 amide bonds. The van der Waals surface area contributed by atoms with E-state index in [2.05, 4.69) is 0 Å². The third-order valence-electron chi connectivity index (χ3n) is 3.17. The number of aryl methyl sites for hydroxylation is 1. The third-order valence-corrected chi connectivity index (χ3v) is 3.17. The minimum Gasteiger partial charge on any atom is -0.497 e. The van der Waals surface area contributed by atoms with Crippen molar-refractivity contribution in [2.75, 3.05) is 14.2 Å². The summed E-state index contributed by atoms with van der Waals surface area (Å²) in [7, 11) is 3.19. The van der Waals surface area contributed by atoms with Gasteiger partial charge in [0.15, 0.2) is 0 Å². The summed E-state index contributed by atoms with van der Waals surface area (Å²) in [6.45, 7) is 2.14. The van der Waals surface area contributed by atoms with Crippen LogP contribution in [0.25, 0.3) is 0 Å². The molecule has 0 N–H and O–H groups in total. The first-order valence-corrected chi connectivity index (χ1v) is 6.58. The van der Waals surface area contributed by atoms with Crippen molar-refractivity contribution in [3.05, 3.63) is 59.2 Å². The van der Waals surface area contributed by atoms with Gasteiger partial charge in [0.2, 0.25) is 0 Å². The van der Waals surface area contributed by atoms with Crippen LogP contribution in [0.2, 0.25) is 0 Å². The lowest BCUT2D eigenvalue weighted by Gasteiger charge is -2.08. The molecule has 0 fully saturated rings. The van der Waals surface area contributed by atoms with E-state index in [0.717, 1.165) is 16.9 Å². The van der Waals surface area contributed by atoms with Crippen molar-refractivity contribution in [1.82, 2.24) is 0 Å². The van der Waals surface area contributed by atoms with E-state index in [4.69, 9.17) is 14.2 Å².